The normalized spacial score (nSPS) is 13.8. The molecule has 1 aromatic heterocycles. The van der Waals surface area contributed by atoms with Gasteiger partial charge >= 0.3 is 5.97 Å². The molecular weight excluding hydrogens is 414 g/mol. The van der Waals surface area contributed by atoms with Gasteiger partial charge in [0.25, 0.3) is 0 Å². The zero-order chi connectivity index (χ0) is 22.8. The largest absolute Gasteiger partial charge is 0.497 e. The summed E-state index contributed by atoms with van der Waals surface area (Å²) in [5, 5.41) is 10.3. The van der Waals surface area contributed by atoms with E-state index < -0.39 is 5.97 Å². The number of carbonyl (C=O) groups is 1. The maximum Gasteiger partial charge on any atom is 0.335 e. The van der Waals surface area contributed by atoms with Crippen LogP contribution in [0.25, 0.3) is 22.2 Å². The van der Waals surface area contributed by atoms with Crippen LogP contribution in [0, 0.1) is 0 Å². The van der Waals surface area contributed by atoms with Gasteiger partial charge in [-0.05, 0) is 48.5 Å². The van der Waals surface area contributed by atoms with E-state index in [0.29, 0.717) is 0 Å². The number of aromatic carboxylic acids is 1. The summed E-state index contributed by atoms with van der Waals surface area (Å²) in [4.78, 5) is 21.2. The van der Waals surface area contributed by atoms with Crippen molar-refractivity contribution in [2.24, 2.45) is 0 Å². The van der Waals surface area contributed by atoms with Crippen molar-refractivity contribution in [3.63, 3.8) is 0 Å². The molecule has 1 aliphatic rings. The highest BCUT2D eigenvalue weighted by Gasteiger charge is 2.22. The molecule has 0 unspecified atom stereocenters. The van der Waals surface area contributed by atoms with Gasteiger partial charge in [-0.1, -0.05) is 30.3 Å². The van der Waals surface area contributed by atoms with Gasteiger partial charge in [0.1, 0.15) is 5.75 Å². The average Bonchev–Trinajstić information content (AvgIpc) is 2.88. The lowest BCUT2D eigenvalue weighted by Gasteiger charge is -2.38. The standard InChI is InChI=1S/C27H25N3O3/c1-33-23-10-8-22(9-11-23)29-13-15-30(16-14-29)25-18-21-17-20(27(31)32)7-12-24(21)28-26(25)19-5-3-2-4-6-19/h2-12,17-18H,13-16H2,1H3,(H,31,32). The Kier molecular flexibility index (Phi) is 5.57. The van der Waals surface area contributed by atoms with E-state index in [4.69, 9.17) is 9.72 Å². The summed E-state index contributed by atoms with van der Waals surface area (Å²) < 4.78 is 5.27. The molecule has 3 aromatic carbocycles. The summed E-state index contributed by atoms with van der Waals surface area (Å²) in [6.45, 7) is 3.46. The van der Waals surface area contributed by atoms with Crippen molar-refractivity contribution in [2.45, 2.75) is 0 Å². The van der Waals surface area contributed by atoms with E-state index in [1.165, 1.54) is 5.69 Å². The van der Waals surface area contributed by atoms with Crippen LogP contribution in [-0.4, -0.2) is 49.3 Å². The Labute approximate surface area is 192 Å². The molecule has 0 aliphatic carbocycles. The minimum atomic E-state index is -0.932. The van der Waals surface area contributed by atoms with Crippen LogP contribution < -0.4 is 14.5 Å². The number of aromatic nitrogens is 1. The molecule has 6 heteroatoms. The topological polar surface area (TPSA) is 65.9 Å². The van der Waals surface area contributed by atoms with Crippen molar-refractivity contribution in [1.82, 2.24) is 4.98 Å². The third kappa shape index (κ3) is 4.20. The van der Waals surface area contributed by atoms with Crippen LogP contribution in [0.3, 0.4) is 0 Å². The minimum Gasteiger partial charge on any atom is -0.497 e. The third-order valence-corrected chi connectivity index (χ3v) is 6.15. The molecule has 4 aromatic rings. The number of fused-ring (bicyclic) bond motifs is 1. The maximum absolute atomic E-state index is 11.5. The fourth-order valence-corrected chi connectivity index (χ4v) is 4.35. The molecule has 0 amide bonds. The van der Waals surface area contributed by atoms with Crippen LogP contribution in [0.5, 0.6) is 5.75 Å². The molecule has 1 N–H and O–H groups in total. The van der Waals surface area contributed by atoms with E-state index in [1.807, 2.05) is 30.3 Å². The predicted molar refractivity (Wildman–Crippen MR) is 132 cm³/mol. The number of hydrogen-bond donors (Lipinski definition) is 1. The number of ether oxygens (including phenoxy) is 1. The molecule has 5 rings (SSSR count). The molecule has 0 spiro atoms. The second-order valence-electron chi connectivity index (χ2n) is 8.11. The molecular formula is C27H25N3O3. The first-order valence-electron chi connectivity index (χ1n) is 11.0. The number of piperazine rings is 1. The Bertz CT molecular complexity index is 1280. The van der Waals surface area contributed by atoms with Crippen molar-refractivity contribution in [1.29, 1.82) is 0 Å². The number of methoxy groups -OCH3 is 1. The quantitative estimate of drug-likeness (QED) is 0.475. The van der Waals surface area contributed by atoms with E-state index in [1.54, 1.807) is 25.3 Å². The lowest BCUT2D eigenvalue weighted by molar-refractivity contribution is 0.0697. The van der Waals surface area contributed by atoms with Gasteiger partial charge in [0.15, 0.2) is 0 Å². The van der Waals surface area contributed by atoms with Gasteiger partial charge in [-0.2, -0.15) is 0 Å². The van der Waals surface area contributed by atoms with Gasteiger partial charge < -0.3 is 19.6 Å². The number of benzene rings is 3. The Morgan fingerprint density at radius 1 is 0.879 bits per heavy atom. The number of carboxylic acid groups (broad SMARTS) is 1. The van der Waals surface area contributed by atoms with Crippen molar-refractivity contribution < 1.29 is 14.6 Å². The van der Waals surface area contributed by atoms with Crippen LogP contribution in [-0.2, 0) is 0 Å². The monoisotopic (exact) mass is 439 g/mol. The van der Waals surface area contributed by atoms with E-state index >= 15 is 0 Å². The highest BCUT2D eigenvalue weighted by atomic mass is 16.5. The molecule has 166 valence electrons. The second-order valence-corrected chi connectivity index (χ2v) is 8.11. The number of anilines is 2. The summed E-state index contributed by atoms with van der Waals surface area (Å²) >= 11 is 0. The molecule has 6 nitrogen and oxygen atoms in total. The van der Waals surface area contributed by atoms with Gasteiger partial charge in [0.2, 0.25) is 0 Å². The summed E-state index contributed by atoms with van der Waals surface area (Å²) in [6.07, 6.45) is 0. The van der Waals surface area contributed by atoms with Crippen molar-refractivity contribution in [3.05, 3.63) is 84.4 Å². The van der Waals surface area contributed by atoms with Crippen LogP contribution in [0.1, 0.15) is 10.4 Å². The number of pyridine rings is 1. The summed E-state index contributed by atoms with van der Waals surface area (Å²) in [5.74, 6) is -0.0773. The Morgan fingerprint density at radius 2 is 1.58 bits per heavy atom. The van der Waals surface area contributed by atoms with Gasteiger partial charge in [0.05, 0.1) is 29.6 Å². The summed E-state index contributed by atoms with van der Waals surface area (Å²) in [7, 11) is 1.68. The van der Waals surface area contributed by atoms with E-state index in [2.05, 4.69) is 40.1 Å². The Morgan fingerprint density at radius 3 is 2.24 bits per heavy atom. The summed E-state index contributed by atoms with van der Waals surface area (Å²) in [5.41, 5.74) is 5.25. The SMILES string of the molecule is COc1ccc(N2CCN(c3cc4cc(C(=O)O)ccc4nc3-c3ccccc3)CC2)cc1. The van der Waals surface area contributed by atoms with Gasteiger partial charge in [-0.3, -0.25) is 0 Å². The van der Waals surface area contributed by atoms with E-state index in [9.17, 15) is 9.90 Å². The Balaban J connectivity index is 1.48. The lowest BCUT2D eigenvalue weighted by atomic mass is 10.0. The summed E-state index contributed by atoms with van der Waals surface area (Å²) in [6, 6.07) is 25.5. The van der Waals surface area contributed by atoms with Crippen molar-refractivity contribution >= 4 is 28.2 Å². The molecule has 0 radical (unpaired) electrons. The zero-order valence-electron chi connectivity index (χ0n) is 18.4. The van der Waals surface area contributed by atoms with Crippen molar-refractivity contribution in [3.8, 4) is 17.0 Å². The van der Waals surface area contributed by atoms with E-state index in [-0.39, 0.29) is 5.56 Å². The van der Waals surface area contributed by atoms with Gasteiger partial charge in [-0.25, -0.2) is 9.78 Å². The molecule has 33 heavy (non-hydrogen) atoms. The second kappa shape index (κ2) is 8.82. The molecule has 1 fully saturated rings. The average molecular weight is 440 g/mol. The zero-order valence-corrected chi connectivity index (χ0v) is 18.4. The van der Waals surface area contributed by atoms with Crippen molar-refractivity contribution in [2.75, 3.05) is 43.1 Å². The first kappa shape index (κ1) is 20.8. The van der Waals surface area contributed by atoms with Crippen LogP contribution in [0.15, 0.2) is 78.9 Å². The fraction of sp³-hybridized carbons (Fsp3) is 0.185. The van der Waals surface area contributed by atoms with E-state index in [0.717, 1.165) is 59.8 Å². The number of carboxylic acids is 1. The van der Waals surface area contributed by atoms with Gasteiger partial charge in [0, 0.05) is 42.8 Å². The molecule has 0 atom stereocenters. The first-order valence-corrected chi connectivity index (χ1v) is 11.0. The molecule has 1 saturated heterocycles. The minimum absolute atomic E-state index is 0.270. The van der Waals surface area contributed by atoms with Crippen LogP contribution >= 0.6 is 0 Å². The number of hydrogen-bond acceptors (Lipinski definition) is 5. The number of nitrogens with zero attached hydrogens (tertiary/aromatic N) is 3. The highest BCUT2D eigenvalue weighted by molar-refractivity contribution is 5.96. The Hall–Kier alpha value is -4.06. The first-order chi connectivity index (χ1) is 16.1. The van der Waals surface area contributed by atoms with Crippen LogP contribution in [0.2, 0.25) is 0 Å². The fourth-order valence-electron chi connectivity index (χ4n) is 4.35. The molecule has 1 aliphatic heterocycles. The molecule has 0 saturated carbocycles. The lowest BCUT2D eigenvalue weighted by Crippen LogP contribution is -2.46. The predicted octanol–water partition coefficient (Wildman–Crippen LogP) is 4.94. The highest BCUT2D eigenvalue weighted by Crippen LogP contribution is 2.34. The van der Waals surface area contributed by atoms with Gasteiger partial charge in [-0.15, -0.1) is 0 Å². The molecule has 2 heterocycles. The third-order valence-electron chi connectivity index (χ3n) is 6.15. The molecule has 0 bridgehead atoms. The smallest absolute Gasteiger partial charge is 0.335 e. The maximum atomic E-state index is 11.5. The van der Waals surface area contributed by atoms with Crippen LogP contribution in [0.4, 0.5) is 11.4 Å². The number of rotatable bonds is 5.